The van der Waals surface area contributed by atoms with Crippen LogP contribution in [-0.2, 0) is 16.1 Å². The van der Waals surface area contributed by atoms with Gasteiger partial charge < -0.3 is 15.4 Å². The van der Waals surface area contributed by atoms with E-state index in [4.69, 9.17) is 0 Å². The Labute approximate surface area is 125 Å². The SMILES string of the molecule is COC(=O)NCc1ccc(NC(=O)C2(C)CCCC2)cc1. The van der Waals surface area contributed by atoms with E-state index in [-0.39, 0.29) is 11.3 Å². The van der Waals surface area contributed by atoms with Crippen molar-refractivity contribution in [3.05, 3.63) is 29.8 Å². The summed E-state index contributed by atoms with van der Waals surface area (Å²) in [5, 5.41) is 5.59. The van der Waals surface area contributed by atoms with Gasteiger partial charge in [-0.1, -0.05) is 31.9 Å². The van der Waals surface area contributed by atoms with E-state index in [2.05, 4.69) is 15.4 Å². The molecule has 1 aromatic carbocycles. The van der Waals surface area contributed by atoms with E-state index in [9.17, 15) is 9.59 Å². The number of alkyl carbamates (subject to hydrolysis) is 1. The van der Waals surface area contributed by atoms with Crippen molar-refractivity contribution >= 4 is 17.7 Å². The van der Waals surface area contributed by atoms with E-state index in [1.807, 2.05) is 31.2 Å². The first-order chi connectivity index (χ1) is 10.0. The van der Waals surface area contributed by atoms with E-state index in [1.54, 1.807) is 0 Å². The Balaban J connectivity index is 1.90. The fourth-order valence-corrected chi connectivity index (χ4v) is 2.62. The molecule has 0 unspecified atom stereocenters. The topological polar surface area (TPSA) is 67.4 Å². The quantitative estimate of drug-likeness (QED) is 0.895. The van der Waals surface area contributed by atoms with Crippen LogP contribution in [0, 0.1) is 5.41 Å². The predicted octanol–water partition coefficient (Wildman–Crippen LogP) is 3.06. The number of methoxy groups -OCH3 is 1. The standard InChI is InChI=1S/C16H22N2O3/c1-16(9-3-4-10-16)14(19)18-13-7-5-12(6-8-13)11-17-15(20)21-2/h5-8H,3-4,9-11H2,1-2H3,(H,17,20)(H,18,19). The minimum atomic E-state index is -0.457. The van der Waals surface area contributed by atoms with Gasteiger partial charge in [-0.05, 0) is 30.5 Å². The van der Waals surface area contributed by atoms with E-state index >= 15 is 0 Å². The van der Waals surface area contributed by atoms with Crippen molar-refractivity contribution in [2.75, 3.05) is 12.4 Å². The zero-order chi connectivity index (χ0) is 15.3. The zero-order valence-corrected chi connectivity index (χ0v) is 12.6. The Kier molecular flexibility index (Phi) is 4.83. The highest BCUT2D eigenvalue weighted by atomic mass is 16.5. The van der Waals surface area contributed by atoms with Crippen LogP contribution >= 0.6 is 0 Å². The van der Waals surface area contributed by atoms with Gasteiger partial charge in [0.1, 0.15) is 0 Å². The number of anilines is 1. The molecular formula is C16H22N2O3. The Bertz CT molecular complexity index is 505. The Morgan fingerprint density at radius 2 is 1.81 bits per heavy atom. The average molecular weight is 290 g/mol. The molecule has 0 aliphatic heterocycles. The third-order valence-electron chi connectivity index (χ3n) is 4.09. The first kappa shape index (κ1) is 15.4. The summed E-state index contributed by atoms with van der Waals surface area (Å²) in [7, 11) is 1.33. The number of rotatable bonds is 4. The summed E-state index contributed by atoms with van der Waals surface area (Å²) in [4.78, 5) is 23.3. The van der Waals surface area contributed by atoms with Gasteiger partial charge >= 0.3 is 6.09 Å². The number of benzene rings is 1. The minimum absolute atomic E-state index is 0.0976. The summed E-state index contributed by atoms with van der Waals surface area (Å²) in [6.07, 6.45) is 3.71. The maximum atomic E-state index is 12.3. The molecule has 0 bridgehead atoms. The van der Waals surface area contributed by atoms with Crippen molar-refractivity contribution in [2.24, 2.45) is 5.41 Å². The van der Waals surface area contributed by atoms with Crippen LogP contribution in [0.3, 0.4) is 0 Å². The Morgan fingerprint density at radius 3 is 2.38 bits per heavy atom. The second-order valence-corrected chi connectivity index (χ2v) is 5.76. The first-order valence-corrected chi connectivity index (χ1v) is 7.26. The zero-order valence-electron chi connectivity index (χ0n) is 12.6. The molecule has 0 radical (unpaired) electrons. The molecule has 0 saturated heterocycles. The molecule has 0 spiro atoms. The lowest BCUT2D eigenvalue weighted by atomic mass is 9.88. The minimum Gasteiger partial charge on any atom is -0.453 e. The molecule has 1 fully saturated rings. The highest BCUT2D eigenvalue weighted by Crippen LogP contribution is 2.38. The van der Waals surface area contributed by atoms with Crippen LogP contribution in [0.15, 0.2) is 24.3 Å². The van der Waals surface area contributed by atoms with E-state index in [0.29, 0.717) is 6.54 Å². The highest BCUT2D eigenvalue weighted by Gasteiger charge is 2.36. The Morgan fingerprint density at radius 1 is 1.19 bits per heavy atom. The average Bonchev–Trinajstić information content (AvgIpc) is 2.94. The second-order valence-electron chi connectivity index (χ2n) is 5.76. The number of carbonyl (C=O) groups is 2. The lowest BCUT2D eigenvalue weighted by Crippen LogP contribution is -2.30. The molecule has 2 rings (SSSR count). The van der Waals surface area contributed by atoms with E-state index < -0.39 is 6.09 Å². The summed E-state index contributed by atoms with van der Waals surface area (Å²) in [5.74, 6) is 0.0976. The number of hydrogen-bond donors (Lipinski definition) is 2. The van der Waals surface area contributed by atoms with Crippen molar-refractivity contribution in [2.45, 2.75) is 39.2 Å². The third-order valence-corrected chi connectivity index (χ3v) is 4.09. The molecule has 0 aromatic heterocycles. The van der Waals surface area contributed by atoms with Gasteiger partial charge in [-0.15, -0.1) is 0 Å². The fraction of sp³-hybridized carbons (Fsp3) is 0.500. The normalized spacial score (nSPS) is 16.3. The molecule has 1 aliphatic rings. The second kappa shape index (κ2) is 6.61. The van der Waals surface area contributed by atoms with Crippen molar-refractivity contribution in [1.29, 1.82) is 0 Å². The van der Waals surface area contributed by atoms with E-state index in [1.165, 1.54) is 7.11 Å². The molecule has 2 N–H and O–H groups in total. The number of hydrogen-bond acceptors (Lipinski definition) is 3. The largest absolute Gasteiger partial charge is 0.453 e. The van der Waals surface area contributed by atoms with Gasteiger partial charge in [0.25, 0.3) is 0 Å². The van der Waals surface area contributed by atoms with E-state index in [0.717, 1.165) is 36.9 Å². The van der Waals surface area contributed by atoms with Gasteiger partial charge in [-0.2, -0.15) is 0 Å². The lowest BCUT2D eigenvalue weighted by Gasteiger charge is -2.22. The molecule has 0 atom stereocenters. The van der Waals surface area contributed by atoms with Crippen molar-refractivity contribution < 1.29 is 14.3 Å². The third kappa shape index (κ3) is 3.97. The van der Waals surface area contributed by atoms with Crippen LogP contribution in [0.2, 0.25) is 0 Å². The molecule has 1 saturated carbocycles. The number of nitrogens with one attached hydrogen (secondary N) is 2. The number of amides is 2. The van der Waals surface area contributed by atoms with Gasteiger partial charge in [0.2, 0.25) is 5.91 Å². The summed E-state index contributed by atoms with van der Waals surface area (Å²) in [5.41, 5.74) is 1.51. The summed E-state index contributed by atoms with van der Waals surface area (Å²) in [6, 6.07) is 7.46. The monoisotopic (exact) mass is 290 g/mol. The van der Waals surface area contributed by atoms with Crippen LogP contribution in [-0.4, -0.2) is 19.1 Å². The predicted molar refractivity (Wildman–Crippen MR) is 80.9 cm³/mol. The van der Waals surface area contributed by atoms with Gasteiger partial charge in [0, 0.05) is 17.6 Å². The molecule has 114 valence electrons. The fourth-order valence-electron chi connectivity index (χ4n) is 2.62. The smallest absolute Gasteiger partial charge is 0.407 e. The van der Waals surface area contributed by atoms with Crippen LogP contribution < -0.4 is 10.6 Å². The molecule has 2 amide bonds. The molecule has 21 heavy (non-hydrogen) atoms. The maximum absolute atomic E-state index is 12.3. The summed E-state index contributed by atoms with van der Waals surface area (Å²) in [6.45, 7) is 2.43. The summed E-state index contributed by atoms with van der Waals surface area (Å²) >= 11 is 0. The van der Waals surface area contributed by atoms with Gasteiger partial charge in [0.05, 0.1) is 7.11 Å². The van der Waals surface area contributed by atoms with Gasteiger partial charge in [-0.3, -0.25) is 4.79 Å². The van der Waals surface area contributed by atoms with Crippen LogP contribution in [0.25, 0.3) is 0 Å². The highest BCUT2D eigenvalue weighted by molar-refractivity contribution is 5.95. The first-order valence-electron chi connectivity index (χ1n) is 7.26. The molecule has 1 aromatic rings. The van der Waals surface area contributed by atoms with Crippen LogP contribution in [0.5, 0.6) is 0 Å². The van der Waals surface area contributed by atoms with Crippen molar-refractivity contribution in [3.8, 4) is 0 Å². The number of ether oxygens (including phenoxy) is 1. The maximum Gasteiger partial charge on any atom is 0.407 e. The molecule has 5 heteroatoms. The summed E-state index contributed by atoms with van der Waals surface area (Å²) < 4.78 is 4.51. The van der Waals surface area contributed by atoms with Crippen molar-refractivity contribution in [1.82, 2.24) is 5.32 Å². The molecule has 1 aliphatic carbocycles. The van der Waals surface area contributed by atoms with Crippen LogP contribution in [0.4, 0.5) is 10.5 Å². The number of carbonyl (C=O) groups excluding carboxylic acids is 2. The molecule has 5 nitrogen and oxygen atoms in total. The van der Waals surface area contributed by atoms with Crippen molar-refractivity contribution in [3.63, 3.8) is 0 Å². The van der Waals surface area contributed by atoms with Crippen LogP contribution in [0.1, 0.15) is 38.2 Å². The van der Waals surface area contributed by atoms with Gasteiger partial charge in [-0.25, -0.2) is 4.79 Å². The lowest BCUT2D eigenvalue weighted by molar-refractivity contribution is -0.124. The molecular weight excluding hydrogens is 268 g/mol. The van der Waals surface area contributed by atoms with Gasteiger partial charge in [0.15, 0.2) is 0 Å². The Hall–Kier alpha value is -2.04. The molecule has 0 heterocycles.